The molecule has 21 heavy (non-hydrogen) atoms. The van der Waals surface area contributed by atoms with Gasteiger partial charge < -0.3 is 10.2 Å². The van der Waals surface area contributed by atoms with Crippen LogP contribution in [0.5, 0.6) is 0 Å². The Balaban J connectivity index is 2.16. The number of aromatic nitrogens is 1. The topological polar surface area (TPSA) is 45.2 Å². The van der Waals surface area contributed by atoms with Gasteiger partial charge in [0.2, 0.25) is 0 Å². The number of hydrogen-bond donors (Lipinski definition) is 1. The third-order valence-corrected chi connectivity index (χ3v) is 4.40. The monoisotopic (exact) mass is 303 g/mol. The summed E-state index contributed by atoms with van der Waals surface area (Å²) in [6.45, 7) is 6.73. The molecule has 1 N–H and O–H groups in total. The Labute approximate surface area is 129 Å². The molecule has 5 heteroatoms. The Kier molecular flexibility index (Phi) is 4.75. The van der Waals surface area contributed by atoms with Crippen molar-refractivity contribution >= 4 is 22.9 Å². The van der Waals surface area contributed by atoms with Gasteiger partial charge in [0.05, 0.1) is 5.69 Å². The highest BCUT2D eigenvalue weighted by Crippen LogP contribution is 2.21. The van der Waals surface area contributed by atoms with Crippen molar-refractivity contribution in [3.8, 4) is 0 Å². The molecule has 0 spiro atoms. The van der Waals surface area contributed by atoms with E-state index >= 15 is 0 Å². The zero-order chi connectivity index (χ0) is 15.6. The predicted octanol–water partition coefficient (Wildman–Crippen LogP) is 3.38. The van der Waals surface area contributed by atoms with Gasteiger partial charge in [0.15, 0.2) is 0 Å². The summed E-state index contributed by atoms with van der Waals surface area (Å²) in [6.07, 6.45) is 0. The molecule has 2 rings (SSSR count). The number of rotatable bonds is 4. The van der Waals surface area contributed by atoms with E-state index in [4.69, 9.17) is 0 Å². The summed E-state index contributed by atoms with van der Waals surface area (Å²) in [5.41, 5.74) is 4.00. The van der Waals surface area contributed by atoms with Crippen LogP contribution in [0, 0.1) is 20.8 Å². The number of carbonyl (C=O) groups excluding carboxylic acids is 1. The molecule has 0 radical (unpaired) electrons. The second-order valence-corrected chi connectivity index (χ2v) is 6.60. The molecule has 0 aliphatic heterocycles. The second-order valence-electron chi connectivity index (χ2n) is 5.51. The molecule has 0 bridgehead atoms. The van der Waals surface area contributed by atoms with Crippen LogP contribution in [0.25, 0.3) is 0 Å². The van der Waals surface area contributed by atoms with E-state index in [0.29, 0.717) is 4.88 Å². The van der Waals surface area contributed by atoms with Gasteiger partial charge in [0.25, 0.3) is 5.91 Å². The van der Waals surface area contributed by atoms with Gasteiger partial charge in [-0.3, -0.25) is 4.79 Å². The molecule has 0 atom stereocenters. The first-order valence-electron chi connectivity index (χ1n) is 6.86. The lowest BCUT2D eigenvalue weighted by molar-refractivity contribution is 0.103. The summed E-state index contributed by atoms with van der Waals surface area (Å²) in [6, 6.07) is 5.93. The predicted molar refractivity (Wildman–Crippen MR) is 88.1 cm³/mol. The summed E-state index contributed by atoms with van der Waals surface area (Å²) in [7, 11) is 3.98. The molecule has 0 aliphatic rings. The van der Waals surface area contributed by atoms with Crippen molar-refractivity contribution in [2.75, 3.05) is 19.4 Å². The van der Waals surface area contributed by atoms with Gasteiger partial charge in [-0.15, -0.1) is 11.3 Å². The van der Waals surface area contributed by atoms with E-state index in [1.54, 1.807) is 0 Å². The molecule has 1 amide bonds. The van der Waals surface area contributed by atoms with E-state index in [2.05, 4.69) is 17.2 Å². The minimum atomic E-state index is -0.0849. The number of nitrogens with one attached hydrogen (secondary N) is 1. The molecule has 1 aromatic heterocycles. The van der Waals surface area contributed by atoms with Crippen molar-refractivity contribution in [1.82, 2.24) is 9.88 Å². The molecular weight excluding hydrogens is 282 g/mol. The van der Waals surface area contributed by atoms with Crippen LogP contribution in [0.2, 0.25) is 0 Å². The summed E-state index contributed by atoms with van der Waals surface area (Å²) in [5, 5.41) is 3.91. The number of benzene rings is 1. The lowest BCUT2D eigenvalue weighted by Crippen LogP contribution is -2.11. The molecule has 112 valence electrons. The van der Waals surface area contributed by atoms with E-state index in [0.717, 1.165) is 22.9 Å². The standard InChI is InChI=1S/C16H21N3OS/c1-10-6-7-13(8-11(10)2)18-16(20)15-12(3)17-14(21-15)9-19(4)5/h6-8H,9H2,1-5H3,(H,18,20). The Morgan fingerprint density at radius 2 is 1.95 bits per heavy atom. The van der Waals surface area contributed by atoms with Crippen LogP contribution >= 0.6 is 11.3 Å². The highest BCUT2D eigenvalue weighted by molar-refractivity contribution is 7.13. The van der Waals surface area contributed by atoms with Gasteiger partial charge in [-0.05, 0) is 58.1 Å². The average molecular weight is 303 g/mol. The lowest BCUT2D eigenvalue weighted by Gasteiger charge is -2.07. The Bertz CT molecular complexity index is 662. The number of nitrogens with zero attached hydrogens (tertiary/aromatic N) is 2. The normalized spacial score (nSPS) is 11.0. The highest BCUT2D eigenvalue weighted by Gasteiger charge is 2.16. The number of aryl methyl sites for hydroxylation is 3. The largest absolute Gasteiger partial charge is 0.321 e. The second kappa shape index (κ2) is 6.37. The summed E-state index contributed by atoms with van der Waals surface area (Å²) >= 11 is 1.46. The van der Waals surface area contributed by atoms with Crippen molar-refractivity contribution in [3.05, 3.63) is 44.9 Å². The summed E-state index contributed by atoms with van der Waals surface area (Å²) in [5.74, 6) is -0.0849. The minimum Gasteiger partial charge on any atom is -0.321 e. The van der Waals surface area contributed by atoms with Crippen LogP contribution in [0.3, 0.4) is 0 Å². The van der Waals surface area contributed by atoms with Crippen molar-refractivity contribution in [3.63, 3.8) is 0 Å². The van der Waals surface area contributed by atoms with Crippen molar-refractivity contribution in [2.45, 2.75) is 27.3 Å². The zero-order valence-electron chi connectivity index (χ0n) is 13.2. The lowest BCUT2D eigenvalue weighted by atomic mass is 10.1. The molecule has 0 saturated heterocycles. The Hall–Kier alpha value is -1.72. The maximum atomic E-state index is 12.4. The van der Waals surface area contributed by atoms with Crippen LogP contribution in [0.1, 0.15) is 31.5 Å². The minimum absolute atomic E-state index is 0.0849. The third kappa shape index (κ3) is 3.89. The van der Waals surface area contributed by atoms with E-state index in [9.17, 15) is 4.79 Å². The van der Waals surface area contributed by atoms with Gasteiger partial charge in [0, 0.05) is 12.2 Å². The van der Waals surface area contributed by atoms with Gasteiger partial charge in [0.1, 0.15) is 9.88 Å². The van der Waals surface area contributed by atoms with Crippen LogP contribution in [0.4, 0.5) is 5.69 Å². The average Bonchev–Trinajstić information content (AvgIpc) is 2.74. The first-order valence-corrected chi connectivity index (χ1v) is 7.68. The maximum absolute atomic E-state index is 12.4. The fraction of sp³-hybridized carbons (Fsp3) is 0.375. The molecule has 0 saturated carbocycles. The first kappa shape index (κ1) is 15.7. The quantitative estimate of drug-likeness (QED) is 0.941. The van der Waals surface area contributed by atoms with E-state index in [1.165, 1.54) is 22.5 Å². The zero-order valence-corrected chi connectivity index (χ0v) is 14.0. The van der Waals surface area contributed by atoms with Crippen LogP contribution in [-0.2, 0) is 6.54 Å². The molecule has 0 unspecified atom stereocenters. The molecule has 2 aromatic rings. The van der Waals surface area contributed by atoms with Crippen LogP contribution < -0.4 is 5.32 Å². The number of amides is 1. The van der Waals surface area contributed by atoms with Gasteiger partial charge in [-0.2, -0.15) is 0 Å². The molecule has 1 heterocycles. The number of anilines is 1. The van der Waals surface area contributed by atoms with Gasteiger partial charge in [-0.25, -0.2) is 4.98 Å². The van der Waals surface area contributed by atoms with E-state index in [1.807, 2.05) is 51.0 Å². The smallest absolute Gasteiger partial charge is 0.267 e. The molecule has 0 aliphatic carbocycles. The number of carbonyl (C=O) groups is 1. The maximum Gasteiger partial charge on any atom is 0.267 e. The Morgan fingerprint density at radius 1 is 1.24 bits per heavy atom. The van der Waals surface area contributed by atoms with Crippen LogP contribution in [0.15, 0.2) is 18.2 Å². The highest BCUT2D eigenvalue weighted by atomic mass is 32.1. The fourth-order valence-corrected chi connectivity index (χ4v) is 3.09. The van der Waals surface area contributed by atoms with Crippen LogP contribution in [-0.4, -0.2) is 29.9 Å². The summed E-state index contributed by atoms with van der Waals surface area (Å²) in [4.78, 5) is 19.6. The van der Waals surface area contributed by atoms with E-state index in [-0.39, 0.29) is 5.91 Å². The molecule has 0 fully saturated rings. The van der Waals surface area contributed by atoms with Crippen molar-refractivity contribution in [2.24, 2.45) is 0 Å². The van der Waals surface area contributed by atoms with Gasteiger partial charge >= 0.3 is 0 Å². The molecular formula is C16H21N3OS. The fourth-order valence-electron chi connectivity index (χ4n) is 2.01. The molecule has 4 nitrogen and oxygen atoms in total. The summed E-state index contributed by atoms with van der Waals surface area (Å²) < 4.78 is 0. The first-order chi connectivity index (χ1) is 9.86. The van der Waals surface area contributed by atoms with E-state index < -0.39 is 0 Å². The third-order valence-electron chi connectivity index (χ3n) is 3.26. The van der Waals surface area contributed by atoms with Crippen molar-refractivity contribution < 1.29 is 4.79 Å². The van der Waals surface area contributed by atoms with Crippen molar-refractivity contribution in [1.29, 1.82) is 0 Å². The molecule has 1 aromatic carbocycles. The van der Waals surface area contributed by atoms with Gasteiger partial charge in [-0.1, -0.05) is 6.07 Å². The SMILES string of the molecule is Cc1ccc(NC(=O)c2sc(CN(C)C)nc2C)cc1C. The number of thiazole rings is 1. The number of hydrogen-bond acceptors (Lipinski definition) is 4. The Morgan fingerprint density at radius 3 is 2.57 bits per heavy atom.